The number of aromatic nitrogens is 4. The molecular formula is C18H12ClN5O. The number of carbonyl (C=O) groups excluding carboxylic acids is 1. The summed E-state index contributed by atoms with van der Waals surface area (Å²) in [4.78, 5) is 20.7. The highest BCUT2D eigenvalue weighted by molar-refractivity contribution is 6.31. The van der Waals surface area contributed by atoms with Crippen molar-refractivity contribution in [3.63, 3.8) is 0 Å². The number of amides is 1. The van der Waals surface area contributed by atoms with Crippen LogP contribution in [0.2, 0.25) is 5.02 Å². The fourth-order valence-electron chi connectivity index (χ4n) is 2.45. The Morgan fingerprint density at radius 3 is 2.80 bits per heavy atom. The molecule has 3 aromatic heterocycles. The fourth-order valence-corrected chi connectivity index (χ4v) is 2.64. The first-order valence-corrected chi connectivity index (χ1v) is 7.90. The van der Waals surface area contributed by atoms with Gasteiger partial charge in [0, 0.05) is 34.7 Å². The van der Waals surface area contributed by atoms with Gasteiger partial charge in [-0.05, 0) is 42.0 Å². The van der Waals surface area contributed by atoms with E-state index in [1.54, 1.807) is 47.4 Å². The zero-order chi connectivity index (χ0) is 17.2. The van der Waals surface area contributed by atoms with Crippen molar-refractivity contribution in [1.29, 1.82) is 0 Å². The first-order chi connectivity index (χ1) is 12.2. The molecule has 4 aromatic rings. The summed E-state index contributed by atoms with van der Waals surface area (Å²) in [5.74, 6) is -0.0841. The second-order valence-electron chi connectivity index (χ2n) is 5.36. The number of nitrogens with one attached hydrogen (secondary N) is 1. The quantitative estimate of drug-likeness (QED) is 0.612. The summed E-state index contributed by atoms with van der Waals surface area (Å²) in [5.41, 5.74) is 3.03. The molecule has 4 rings (SSSR count). The van der Waals surface area contributed by atoms with Crippen LogP contribution in [0.3, 0.4) is 0 Å². The van der Waals surface area contributed by atoms with Crippen LogP contribution >= 0.6 is 11.6 Å². The van der Waals surface area contributed by atoms with E-state index in [0.717, 1.165) is 11.1 Å². The van der Waals surface area contributed by atoms with E-state index in [-0.39, 0.29) is 11.9 Å². The van der Waals surface area contributed by atoms with E-state index in [2.05, 4.69) is 20.4 Å². The SMILES string of the molecule is O=C(Nc1nc2cc(-c3cccnc3)ccn2n1)c1cccc(Cl)c1. The summed E-state index contributed by atoms with van der Waals surface area (Å²) in [6.45, 7) is 0. The zero-order valence-corrected chi connectivity index (χ0v) is 13.7. The molecule has 0 aliphatic carbocycles. The minimum atomic E-state index is -0.314. The molecule has 0 bridgehead atoms. The van der Waals surface area contributed by atoms with Gasteiger partial charge in [-0.15, -0.1) is 5.10 Å². The van der Waals surface area contributed by atoms with Crippen LogP contribution in [0.4, 0.5) is 5.95 Å². The third-order valence-corrected chi connectivity index (χ3v) is 3.88. The standard InChI is InChI=1S/C18H12ClN5O/c19-15-5-1-3-13(9-15)17(25)22-18-21-16-10-12(6-8-24(16)23-18)14-4-2-7-20-11-14/h1-11H,(H,22,23,25). The highest BCUT2D eigenvalue weighted by Gasteiger charge is 2.11. The van der Waals surface area contributed by atoms with Crippen LogP contribution in [0.5, 0.6) is 0 Å². The van der Waals surface area contributed by atoms with Crippen molar-refractivity contribution in [1.82, 2.24) is 19.6 Å². The van der Waals surface area contributed by atoms with Gasteiger partial charge < -0.3 is 0 Å². The predicted molar refractivity (Wildman–Crippen MR) is 95.6 cm³/mol. The Hall–Kier alpha value is -3.25. The highest BCUT2D eigenvalue weighted by Crippen LogP contribution is 2.20. The number of benzene rings is 1. The molecule has 0 atom stereocenters. The summed E-state index contributed by atoms with van der Waals surface area (Å²) in [5, 5.41) is 7.44. The van der Waals surface area contributed by atoms with Crippen molar-refractivity contribution in [2.75, 3.05) is 5.32 Å². The second kappa shape index (κ2) is 6.33. The third kappa shape index (κ3) is 3.20. The molecule has 0 fully saturated rings. The number of pyridine rings is 2. The Bertz CT molecular complexity index is 1060. The number of anilines is 1. The van der Waals surface area contributed by atoms with Gasteiger partial charge in [-0.25, -0.2) is 4.52 Å². The van der Waals surface area contributed by atoms with Gasteiger partial charge in [0.1, 0.15) is 0 Å². The van der Waals surface area contributed by atoms with Gasteiger partial charge in [-0.2, -0.15) is 4.98 Å². The largest absolute Gasteiger partial charge is 0.289 e. The van der Waals surface area contributed by atoms with E-state index >= 15 is 0 Å². The molecule has 1 amide bonds. The lowest BCUT2D eigenvalue weighted by molar-refractivity contribution is 0.102. The molecule has 6 nitrogen and oxygen atoms in total. The van der Waals surface area contributed by atoms with E-state index in [1.807, 2.05) is 24.3 Å². The van der Waals surface area contributed by atoms with E-state index in [1.165, 1.54) is 0 Å². The van der Waals surface area contributed by atoms with E-state index in [4.69, 9.17) is 11.6 Å². The molecule has 25 heavy (non-hydrogen) atoms. The molecule has 7 heteroatoms. The molecule has 3 heterocycles. The van der Waals surface area contributed by atoms with Crippen LogP contribution in [-0.4, -0.2) is 25.5 Å². The summed E-state index contributed by atoms with van der Waals surface area (Å²) in [6, 6.07) is 14.3. The van der Waals surface area contributed by atoms with Crippen molar-refractivity contribution in [3.05, 3.63) is 77.7 Å². The number of halogens is 1. The number of hydrogen-bond acceptors (Lipinski definition) is 4. The molecule has 0 radical (unpaired) electrons. The van der Waals surface area contributed by atoms with E-state index < -0.39 is 0 Å². The Morgan fingerprint density at radius 1 is 1.08 bits per heavy atom. The minimum Gasteiger partial charge on any atom is -0.289 e. The van der Waals surface area contributed by atoms with E-state index in [0.29, 0.717) is 16.2 Å². The number of nitrogens with zero attached hydrogens (tertiary/aromatic N) is 4. The molecule has 0 spiro atoms. The number of carbonyl (C=O) groups is 1. The number of rotatable bonds is 3. The number of hydrogen-bond donors (Lipinski definition) is 1. The average Bonchev–Trinajstić information content (AvgIpc) is 3.03. The molecule has 0 unspecified atom stereocenters. The van der Waals surface area contributed by atoms with Gasteiger partial charge in [-0.1, -0.05) is 23.7 Å². The molecule has 1 aromatic carbocycles. The Labute approximate surface area is 148 Å². The monoisotopic (exact) mass is 349 g/mol. The second-order valence-corrected chi connectivity index (χ2v) is 5.80. The van der Waals surface area contributed by atoms with Crippen LogP contribution in [0.1, 0.15) is 10.4 Å². The average molecular weight is 350 g/mol. The van der Waals surface area contributed by atoms with Crippen LogP contribution in [-0.2, 0) is 0 Å². The first-order valence-electron chi connectivity index (χ1n) is 7.53. The number of fused-ring (bicyclic) bond motifs is 1. The van der Waals surface area contributed by atoms with Crippen molar-refractivity contribution in [3.8, 4) is 11.1 Å². The molecule has 0 aliphatic heterocycles. The van der Waals surface area contributed by atoms with Crippen LogP contribution in [0.15, 0.2) is 67.1 Å². The first kappa shape index (κ1) is 15.3. The van der Waals surface area contributed by atoms with Crippen LogP contribution < -0.4 is 5.32 Å². The summed E-state index contributed by atoms with van der Waals surface area (Å²) >= 11 is 5.91. The van der Waals surface area contributed by atoms with Gasteiger partial charge >= 0.3 is 0 Å². The Balaban J connectivity index is 1.62. The fraction of sp³-hybridized carbons (Fsp3) is 0. The lowest BCUT2D eigenvalue weighted by Crippen LogP contribution is -2.12. The molecule has 122 valence electrons. The van der Waals surface area contributed by atoms with Gasteiger partial charge in [0.25, 0.3) is 5.91 Å². The third-order valence-electron chi connectivity index (χ3n) is 3.64. The topological polar surface area (TPSA) is 72.2 Å². The summed E-state index contributed by atoms with van der Waals surface area (Å²) in [7, 11) is 0. The predicted octanol–water partition coefficient (Wildman–Crippen LogP) is 3.70. The Kier molecular flexibility index (Phi) is 3.87. The van der Waals surface area contributed by atoms with Crippen molar-refractivity contribution in [2.24, 2.45) is 0 Å². The lowest BCUT2D eigenvalue weighted by atomic mass is 10.1. The molecule has 1 N–H and O–H groups in total. The molecule has 0 aliphatic rings. The smallest absolute Gasteiger partial charge is 0.258 e. The summed E-state index contributed by atoms with van der Waals surface area (Å²) in [6.07, 6.45) is 5.30. The van der Waals surface area contributed by atoms with Gasteiger partial charge in [-0.3, -0.25) is 15.1 Å². The maximum Gasteiger partial charge on any atom is 0.258 e. The van der Waals surface area contributed by atoms with Gasteiger partial charge in [0.2, 0.25) is 5.95 Å². The van der Waals surface area contributed by atoms with Gasteiger partial charge in [0.15, 0.2) is 5.65 Å². The Morgan fingerprint density at radius 2 is 2.00 bits per heavy atom. The molecule has 0 saturated carbocycles. The van der Waals surface area contributed by atoms with E-state index in [9.17, 15) is 4.79 Å². The van der Waals surface area contributed by atoms with Crippen molar-refractivity contribution in [2.45, 2.75) is 0 Å². The highest BCUT2D eigenvalue weighted by atomic mass is 35.5. The lowest BCUT2D eigenvalue weighted by Gasteiger charge is -2.00. The van der Waals surface area contributed by atoms with Crippen LogP contribution in [0.25, 0.3) is 16.8 Å². The van der Waals surface area contributed by atoms with Gasteiger partial charge in [0.05, 0.1) is 0 Å². The molecule has 0 saturated heterocycles. The normalized spacial score (nSPS) is 10.8. The molecular weight excluding hydrogens is 338 g/mol. The summed E-state index contributed by atoms with van der Waals surface area (Å²) < 4.78 is 1.60. The minimum absolute atomic E-state index is 0.230. The zero-order valence-electron chi connectivity index (χ0n) is 12.9. The maximum atomic E-state index is 12.3. The van der Waals surface area contributed by atoms with Crippen LogP contribution in [0, 0.1) is 0 Å². The van der Waals surface area contributed by atoms with Crippen molar-refractivity contribution >= 4 is 29.1 Å². The maximum absolute atomic E-state index is 12.3. The van der Waals surface area contributed by atoms with Crippen molar-refractivity contribution < 1.29 is 4.79 Å².